The third-order valence-corrected chi connectivity index (χ3v) is 5.36. The molecule has 3 rings (SSSR count). The number of esters is 1. The van der Waals surface area contributed by atoms with Crippen molar-refractivity contribution in [3.8, 4) is 0 Å². The average Bonchev–Trinajstić information content (AvgIpc) is 2.69. The van der Waals surface area contributed by atoms with E-state index in [9.17, 15) is 4.79 Å². The number of hydrogen-bond acceptors (Lipinski definition) is 4. The summed E-state index contributed by atoms with van der Waals surface area (Å²) in [5, 5.41) is 0. The van der Waals surface area contributed by atoms with Crippen LogP contribution in [-0.2, 0) is 14.9 Å². The smallest absolute Gasteiger partial charge is 0.332 e. The van der Waals surface area contributed by atoms with E-state index >= 15 is 0 Å². The molecule has 1 saturated heterocycles. The molecule has 1 heterocycles. The first-order chi connectivity index (χ1) is 13.1. The lowest BCUT2D eigenvalue weighted by molar-refractivity contribution is -0.138. The Morgan fingerprint density at radius 2 is 1.56 bits per heavy atom. The van der Waals surface area contributed by atoms with Crippen molar-refractivity contribution in [2.24, 2.45) is 5.73 Å². The molecule has 2 aromatic rings. The van der Waals surface area contributed by atoms with E-state index in [4.69, 9.17) is 10.5 Å². The third kappa shape index (κ3) is 4.77. The standard InChI is InChI=1S/C23H28N2O2/c1-19(24)18-22(26)27-17-16-25-14-12-23(13-15-25,20-8-4-2-5-9-20)21-10-6-3-7-11-21/h2-11,18H,12-17,24H2,1H3. The zero-order chi connectivity index (χ0) is 19.1. The summed E-state index contributed by atoms with van der Waals surface area (Å²) >= 11 is 0. The van der Waals surface area contributed by atoms with Crippen LogP contribution in [-0.4, -0.2) is 37.1 Å². The average molecular weight is 364 g/mol. The van der Waals surface area contributed by atoms with Crippen LogP contribution in [0.2, 0.25) is 0 Å². The molecular formula is C23H28N2O2. The van der Waals surface area contributed by atoms with Gasteiger partial charge in [0.15, 0.2) is 0 Å². The molecule has 0 aromatic heterocycles. The Hall–Kier alpha value is -2.59. The predicted molar refractivity (Wildman–Crippen MR) is 108 cm³/mol. The van der Waals surface area contributed by atoms with Crippen LogP contribution in [0.3, 0.4) is 0 Å². The van der Waals surface area contributed by atoms with E-state index in [1.54, 1.807) is 6.92 Å². The number of nitrogens with zero attached hydrogens (tertiary/aromatic N) is 1. The van der Waals surface area contributed by atoms with Gasteiger partial charge >= 0.3 is 5.97 Å². The number of hydrogen-bond donors (Lipinski definition) is 1. The second-order valence-corrected chi connectivity index (χ2v) is 7.21. The van der Waals surface area contributed by atoms with E-state index in [2.05, 4.69) is 65.6 Å². The molecule has 0 radical (unpaired) electrons. The molecule has 0 saturated carbocycles. The fourth-order valence-electron chi connectivity index (χ4n) is 3.92. The van der Waals surface area contributed by atoms with E-state index < -0.39 is 0 Å². The number of benzene rings is 2. The summed E-state index contributed by atoms with van der Waals surface area (Å²) in [6.45, 7) is 4.79. The van der Waals surface area contributed by atoms with Crippen LogP contribution >= 0.6 is 0 Å². The largest absolute Gasteiger partial charge is 0.461 e. The van der Waals surface area contributed by atoms with Crippen molar-refractivity contribution in [3.05, 3.63) is 83.6 Å². The van der Waals surface area contributed by atoms with Gasteiger partial charge in [-0.05, 0) is 44.0 Å². The van der Waals surface area contributed by atoms with E-state index in [1.165, 1.54) is 17.2 Å². The highest BCUT2D eigenvalue weighted by atomic mass is 16.5. The van der Waals surface area contributed by atoms with Gasteiger partial charge in [-0.15, -0.1) is 0 Å². The quantitative estimate of drug-likeness (QED) is 0.630. The number of likely N-dealkylation sites (tertiary alicyclic amines) is 1. The van der Waals surface area contributed by atoms with E-state index in [0.717, 1.165) is 32.5 Å². The zero-order valence-electron chi connectivity index (χ0n) is 15.9. The van der Waals surface area contributed by atoms with Gasteiger partial charge in [0, 0.05) is 23.7 Å². The molecule has 27 heavy (non-hydrogen) atoms. The van der Waals surface area contributed by atoms with Crippen LogP contribution in [0.25, 0.3) is 0 Å². The van der Waals surface area contributed by atoms with Gasteiger partial charge in [0.25, 0.3) is 0 Å². The first-order valence-electron chi connectivity index (χ1n) is 9.54. The summed E-state index contributed by atoms with van der Waals surface area (Å²) in [5.74, 6) is -0.366. The van der Waals surface area contributed by atoms with Crippen LogP contribution in [0.15, 0.2) is 72.4 Å². The topological polar surface area (TPSA) is 55.6 Å². The Balaban J connectivity index is 1.65. The van der Waals surface area contributed by atoms with Gasteiger partial charge < -0.3 is 10.5 Å². The maximum atomic E-state index is 11.6. The van der Waals surface area contributed by atoms with Crippen molar-refractivity contribution in [1.29, 1.82) is 0 Å². The number of carbonyl (C=O) groups is 1. The zero-order valence-corrected chi connectivity index (χ0v) is 15.9. The molecule has 4 nitrogen and oxygen atoms in total. The number of piperidine rings is 1. The molecule has 0 bridgehead atoms. The minimum Gasteiger partial charge on any atom is -0.461 e. The number of nitrogens with two attached hydrogens (primary N) is 1. The lowest BCUT2D eigenvalue weighted by atomic mass is 9.68. The normalized spacial score (nSPS) is 17.4. The van der Waals surface area contributed by atoms with Gasteiger partial charge in [-0.25, -0.2) is 4.79 Å². The summed E-state index contributed by atoms with van der Waals surface area (Å²) in [7, 11) is 0. The summed E-state index contributed by atoms with van der Waals surface area (Å²) in [6.07, 6.45) is 3.43. The van der Waals surface area contributed by atoms with E-state index in [0.29, 0.717) is 12.3 Å². The molecule has 1 aliphatic rings. The molecule has 0 amide bonds. The van der Waals surface area contributed by atoms with Gasteiger partial charge in [-0.2, -0.15) is 0 Å². The van der Waals surface area contributed by atoms with Gasteiger partial charge in [-0.1, -0.05) is 60.7 Å². The molecule has 0 aliphatic carbocycles. The Kier molecular flexibility index (Phi) is 6.30. The van der Waals surface area contributed by atoms with Crippen molar-refractivity contribution in [1.82, 2.24) is 4.90 Å². The van der Waals surface area contributed by atoms with Crippen LogP contribution in [0.1, 0.15) is 30.9 Å². The first kappa shape index (κ1) is 19.2. The monoisotopic (exact) mass is 364 g/mol. The van der Waals surface area contributed by atoms with E-state index in [-0.39, 0.29) is 11.4 Å². The number of carbonyl (C=O) groups excluding carboxylic acids is 1. The first-order valence-corrected chi connectivity index (χ1v) is 9.54. The highest BCUT2D eigenvalue weighted by Crippen LogP contribution is 2.41. The maximum Gasteiger partial charge on any atom is 0.332 e. The molecule has 1 fully saturated rings. The third-order valence-electron chi connectivity index (χ3n) is 5.36. The number of ether oxygens (including phenoxy) is 1. The second kappa shape index (κ2) is 8.87. The highest BCUT2D eigenvalue weighted by molar-refractivity contribution is 5.82. The van der Waals surface area contributed by atoms with Crippen molar-refractivity contribution in [2.75, 3.05) is 26.2 Å². The Labute approximate surface area is 161 Å². The molecule has 2 N–H and O–H groups in total. The van der Waals surface area contributed by atoms with Crippen LogP contribution in [0.5, 0.6) is 0 Å². The Morgan fingerprint density at radius 3 is 2.04 bits per heavy atom. The summed E-state index contributed by atoms with van der Waals surface area (Å²) < 4.78 is 5.24. The van der Waals surface area contributed by atoms with Gasteiger partial charge in [-0.3, -0.25) is 4.90 Å². The van der Waals surface area contributed by atoms with Gasteiger partial charge in [0.05, 0.1) is 0 Å². The van der Waals surface area contributed by atoms with Crippen molar-refractivity contribution >= 4 is 5.97 Å². The van der Waals surface area contributed by atoms with E-state index in [1.807, 2.05) is 0 Å². The fourth-order valence-corrected chi connectivity index (χ4v) is 3.92. The van der Waals surface area contributed by atoms with Crippen LogP contribution in [0, 0.1) is 0 Å². The lowest BCUT2D eigenvalue weighted by Crippen LogP contribution is -2.44. The predicted octanol–water partition coefficient (Wildman–Crippen LogP) is 3.47. The minimum absolute atomic E-state index is 0.0507. The minimum atomic E-state index is -0.366. The molecular weight excluding hydrogens is 336 g/mol. The molecule has 142 valence electrons. The second-order valence-electron chi connectivity index (χ2n) is 7.21. The molecule has 0 spiro atoms. The van der Waals surface area contributed by atoms with Gasteiger partial charge in [0.1, 0.15) is 6.61 Å². The fraction of sp³-hybridized carbons (Fsp3) is 0.348. The van der Waals surface area contributed by atoms with Crippen molar-refractivity contribution in [2.45, 2.75) is 25.2 Å². The molecule has 1 aliphatic heterocycles. The Morgan fingerprint density at radius 1 is 1.04 bits per heavy atom. The number of allylic oxidation sites excluding steroid dienone is 1. The van der Waals surface area contributed by atoms with Crippen molar-refractivity contribution in [3.63, 3.8) is 0 Å². The highest BCUT2D eigenvalue weighted by Gasteiger charge is 2.37. The molecule has 4 heteroatoms. The molecule has 0 unspecified atom stereocenters. The maximum absolute atomic E-state index is 11.6. The SMILES string of the molecule is CC(N)=CC(=O)OCCN1CCC(c2ccccc2)(c2ccccc2)CC1. The summed E-state index contributed by atoms with van der Waals surface area (Å²) in [4.78, 5) is 13.9. The van der Waals surface area contributed by atoms with Gasteiger partial charge in [0.2, 0.25) is 0 Å². The molecule has 2 aromatic carbocycles. The summed E-state index contributed by atoms with van der Waals surface area (Å²) in [5.41, 5.74) is 8.78. The Bertz CT molecular complexity index is 718. The van der Waals surface area contributed by atoms with Crippen LogP contribution in [0.4, 0.5) is 0 Å². The molecule has 0 atom stereocenters. The van der Waals surface area contributed by atoms with Crippen LogP contribution < -0.4 is 5.73 Å². The van der Waals surface area contributed by atoms with Crippen molar-refractivity contribution < 1.29 is 9.53 Å². The number of rotatable bonds is 6. The summed E-state index contributed by atoms with van der Waals surface area (Å²) in [6, 6.07) is 21.6. The lowest BCUT2D eigenvalue weighted by Gasteiger charge is -2.43.